The zero-order valence-corrected chi connectivity index (χ0v) is 12.8. The van der Waals surface area contributed by atoms with Crippen molar-refractivity contribution < 1.29 is 9.53 Å². The summed E-state index contributed by atoms with van der Waals surface area (Å²) in [5.41, 5.74) is 9.47. The normalized spacial score (nSPS) is 10.8. The van der Waals surface area contributed by atoms with Crippen LogP contribution in [-0.4, -0.2) is 13.1 Å². The van der Waals surface area contributed by atoms with Gasteiger partial charge in [0, 0.05) is 10.9 Å². The number of nitrogen functional groups attached to an aromatic ring is 1. The Morgan fingerprint density at radius 3 is 2.50 bits per heavy atom. The van der Waals surface area contributed by atoms with E-state index in [0.29, 0.717) is 16.5 Å². The van der Waals surface area contributed by atoms with Crippen molar-refractivity contribution in [3.63, 3.8) is 0 Å². The van der Waals surface area contributed by atoms with Gasteiger partial charge in [0.1, 0.15) is 10.6 Å². The standard InChI is InChI=1S/C16H19NO2S/c1-10(2)8-11-4-6-12(7-5-11)13-9-20-15(17)14(13)16(18)19-3/h4-7,9-10H,8,17H2,1-3H3. The van der Waals surface area contributed by atoms with Crippen LogP contribution in [-0.2, 0) is 11.2 Å². The number of carbonyl (C=O) groups is 1. The van der Waals surface area contributed by atoms with E-state index in [1.54, 1.807) is 0 Å². The molecule has 3 nitrogen and oxygen atoms in total. The smallest absolute Gasteiger partial charge is 0.341 e. The van der Waals surface area contributed by atoms with Crippen LogP contribution in [0.2, 0.25) is 0 Å². The van der Waals surface area contributed by atoms with Crippen molar-refractivity contribution in [1.82, 2.24) is 0 Å². The molecule has 0 aliphatic heterocycles. The number of hydrogen-bond acceptors (Lipinski definition) is 4. The van der Waals surface area contributed by atoms with Gasteiger partial charge in [-0.1, -0.05) is 38.1 Å². The number of nitrogens with two attached hydrogens (primary N) is 1. The lowest BCUT2D eigenvalue weighted by atomic mass is 9.98. The monoisotopic (exact) mass is 289 g/mol. The highest BCUT2D eigenvalue weighted by Gasteiger charge is 2.19. The van der Waals surface area contributed by atoms with E-state index < -0.39 is 0 Å². The van der Waals surface area contributed by atoms with Crippen LogP contribution >= 0.6 is 11.3 Å². The fourth-order valence-corrected chi connectivity index (χ4v) is 3.00. The number of thiophene rings is 1. The van der Waals surface area contributed by atoms with Gasteiger partial charge in [-0.15, -0.1) is 11.3 Å². The molecule has 106 valence electrons. The van der Waals surface area contributed by atoms with Crippen LogP contribution in [0.1, 0.15) is 29.8 Å². The summed E-state index contributed by atoms with van der Waals surface area (Å²) in [6.45, 7) is 4.39. The molecular formula is C16H19NO2S. The summed E-state index contributed by atoms with van der Waals surface area (Å²) in [4.78, 5) is 11.8. The molecule has 0 radical (unpaired) electrons. The van der Waals surface area contributed by atoms with Crippen molar-refractivity contribution >= 4 is 22.3 Å². The number of ether oxygens (including phenoxy) is 1. The molecule has 2 rings (SSSR count). The van der Waals surface area contributed by atoms with Crippen molar-refractivity contribution in [3.8, 4) is 11.1 Å². The van der Waals surface area contributed by atoms with Gasteiger partial charge in [0.2, 0.25) is 0 Å². The van der Waals surface area contributed by atoms with Crippen molar-refractivity contribution in [3.05, 3.63) is 40.8 Å². The number of methoxy groups -OCH3 is 1. The van der Waals surface area contributed by atoms with Gasteiger partial charge in [0.05, 0.1) is 7.11 Å². The Labute approximate surface area is 123 Å². The van der Waals surface area contributed by atoms with E-state index in [9.17, 15) is 4.79 Å². The molecule has 0 aliphatic rings. The zero-order chi connectivity index (χ0) is 14.7. The molecule has 0 amide bonds. The topological polar surface area (TPSA) is 52.3 Å². The number of esters is 1. The predicted molar refractivity (Wildman–Crippen MR) is 84.0 cm³/mol. The fourth-order valence-electron chi connectivity index (χ4n) is 2.19. The third-order valence-electron chi connectivity index (χ3n) is 3.12. The molecule has 1 heterocycles. The molecule has 0 saturated heterocycles. The van der Waals surface area contributed by atoms with Crippen LogP contribution in [0.5, 0.6) is 0 Å². The van der Waals surface area contributed by atoms with E-state index in [2.05, 4.69) is 26.0 Å². The molecule has 0 atom stereocenters. The number of carbonyl (C=O) groups excluding carboxylic acids is 1. The van der Waals surface area contributed by atoms with Crippen molar-refractivity contribution in [2.24, 2.45) is 5.92 Å². The Morgan fingerprint density at radius 2 is 1.95 bits per heavy atom. The number of hydrogen-bond donors (Lipinski definition) is 1. The number of rotatable bonds is 4. The molecule has 0 spiro atoms. The maximum atomic E-state index is 11.8. The molecule has 4 heteroatoms. The molecule has 0 saturated carbocycles. The van der Waals surface area contributed by atoms with Crippen molar-refractivity contribution in [1.29, 1.82) is 0 Å². The van der Waals surface area contributed by atoms with Gasteiger partial charge in [-0.2, -0.15) is 0 Å². The Balaban J connectivity index is 2.35. The van der Waals surface area contributed by atoms with E-state index in [0.717, 1.165) is 17.5 Å². The maximum Gasteiger partial charge on any atom is 0.341 e. The second-order valence-corrected chi connectivity index (χ2v) is 6.09. The minimum absolute atomic E-state index is 0.384. The zero-order valence-electron chi connectivity index (χ0n) is 12.0. The summed E-state index contributed by atoms with van der Waals surface area (Å²) in [7, 11) is 1.37. The fraction of sp³-hybridized carbons (Fsp3) is 0.312. The van der Waals surface area contributed by atoms with Gasteiger partial charge in [-0.3, -0.25) is 0 Å². The minimum Gasteiger partial charge on any atom is -0.465 e. The quantitative estimate of drug-likeness (QED) is 0.866. The van der Waals surface area contributed by atoms with Gasteiger partial charge in [-0.25, -0.2) is 4.79 Å². The first kappa shape index (κ1) is 14.6. The Hall–Kier alpha value is -1.81. The van der Waals surface area contributed by atoms with Crippen LogP contribution in [0.4, 0.5) is 5.00 Å². The maximum absolute atomic E-state index is 11.8. The van der Waals surface area contributed by atoms with Crippen molar-refractivity contribution in [2.45, 2.75) is 20.3 Å². The summed E-state index contributed by atoms with van der Waals surface area (Å²) < 4.78 is 4.80. The molecule has 0 aliphatic carbocycles. The molecule has 0 unspecified atom stereocenters. The summed E-state index contributed by atoms with van der Waals surface area (Å²) in [5.74, 6) is 0.244. The number of anilines is 1. The molecule has 0 fully saturated rings. The lowest BCUT2D eigenvalue weighted by Gasteiger charge is -2.07. The Morgan fingerprint density at radius 1 is 1.30 bits per heavy atom. The highest BCUT2D eigenvalue weighted by molar-refractivity contribution is 7.14. The first-order valence-corrected chi connectivity index (χ1v) is 7.45. The van der Waals surface area contributed by atoms with Crippen molar-refractivity contribution in [2.75, 3.05) is 12.8 Å². The third-order valence-corrected chi connectivity index (χ3v) is 3.93. The van der Waals surface area contributed by atoms with Crippen LogP contribution in [0.25, 0.3) is 11.1 Å². The first-order chi connectivity index (χ1) is 9.52. The summed E-state index contributed by atoms with van der Waals surface area (Å²) in [6, 6.07) is 8.27. The lowest BCUT2D eigenvalue weighted by Crippen LogP contribution is -2.04. The van der Waals surface area contributed by atoms with Gasteiger partial charge >= 0.3 is 5.97 Å². The second kappa shape index (κ2) is 6.09. The Kier molecular flexibility index (Phi) is 4.45. The van der Waals surface area contributed by atoms with Gasteiger partial charge in [-0.05, 0) is 23.5 Å². The lowest BCUT2D eigenvalue weighted by molar-refractivity contribution is 0.0603. The van der Waals surface area contributed by atoms with Gasteiger partial charge in [0.25, 0.3) is 0 Å². The molecule has 2 N–H and O–H groups in total. The highest BCUT2D eigenvalue weighted by Crippen LogP contribution is 2.34. The van der Waals surface area contributed by atoms with Crippen LogP contribution in [0.3, 0.4) is 0 Å². The largest absolute Gasteiger partial charge is 0.465 e. The number of benzene rings is 1. The average Bonchev–Trinajstić information content (AvgIpc) is 2.80. The average molecular weight is 289 g/mol. The van der Waals surface area contributed by atoms with Crippen LogP contribution < -0.4 is 5.73 Å². The third kappa shape index (κ3) is 3.02. The molecule has 0 bridgehead atoms. The molecular weight excluding hydrogens is 270 g/mol. The minimum atomic E-state index is -0.384. The second-order valence-electron chi connectivity index (χ2n) is 5.18. The van der Waals surface area contributed by atoms with E-state index in [1.807, 2.05) is 17.5 Å². The first-order valence-electron chi connectivity index (χ1n) is 6.57. The summed E-state index contributed by atoms with van der Waals surface area (Å²) >= 11 is 1.36. The van der Waals surface area contributed by atoms with Gasteiger partial charge < -0.3 is 10.5 Å². The van der Waals surface area contributed by atoms with E-state index in [1.165, 1.54) is 24.0 Å². The molecule has 1 aromatic heterocycles. The molecule has 20 heavy (non-hydrogen) atoms. The molecule has 1 aromatic carbocycles. The highest BCUT2D eigenvalue weighted by atomic mass is 32.1. The SMILES string of the molecule is COC(=O)c1c(-c2ccc(CC(C)C)cc2)csc1N. The Bertz CT molecular complexity index is 599. The summed E-state index contributed by atoms with van der Waals surface area (Å²) in [6.07, 6.45) is 1.05. The van der Waals surface area contributed by atoms with E-state index in [4.69, 9.17) is 10.5 Å². The van der Waals surface area contributed by atoms with E-state index in [-0.39, 0.29) is 5.97 Å². The predicted octanol–water partition coefficient (Wildman–Crippen LogP) is 3.98. The summed E-state index contributed by atoms with van der Waals surface area (Å²) in [5, 5.41) is 2.40. The van der Waals surface area contributed by atoms with Gasteiger partial charge in [0.15, 0.2) is 0 Å². The van der Waals surface area contributed by atoms with E-state index >= 15 is 0 Å². The van der Waals surface area contributed by atoms with Crippen LogP contribution in [0.15, 0.2) is 29.6 Å². The van der Waals surface area contributed by atoms with Crippen LogP contribution in [0, 0.1) is 5.92 Å². The molecule has 2 aromatic rings.